The zero-order valence-corrected chi connectivity index (χ0v) is 13.7. The zero-order chi connectivity index (χ0) is 17.6. The molecule has 0 radical (unpaired) electrons. The molecule has 132 valence electrons. The molecular formula is C19H20F2N2O2. The molecule has 6 heteroatoms. The number of carbonyl (C=O) groups excluding carboxylic acids is 1. The quantitative estimate of drug-likeness (QED) is 0.871. The summed E-state index contributed by atoms with van der Waals surface area (Å²) in [5, 5.41) is 5.91. The van der Waals surface area contributed by atoms with Crippen LogP contribution in [0.3, 0.4) is 0 Å². The van der Waals surface area contributed by atoms with Crippen LogP contribution >= 0.6 is 0 Å². The van der Waals surface area contributed by atoms with Gasteiger partial charge in [0.2, 0.25) is 5.91 Å². The topological polar surface area (TPSA) is 50.4 Å². The van der Waals surface area contributed by atoms with Crippen LogP contribution in [0.15, 0.2) is 42.5 Å². The standard InChI is InChI=1S/C19H20F2N2O2/c20-15-5-1-3-13(9-15)12-25-18-7-6-16(10-17(18)21)23-19(24)14-4-2-8-22-11-14/h1,3,5-7,9-10,14,22H,2,4,8,11-12H2,(H,23,24). The number of hydrogen-bond acceptors (Lipinski definition) is 3. The van der Waals surface area contributed by atoms with Crippen LogP contribution in [0.2, 0.25) is 0 Å². The van der Waals surface area contributed by atoms with E-state index in [9.17, 15) is 13.6 Å². The van der Waals surface area contributed by atoms with E-state index >= 15 is 0 Å². The van der Waals surface area contributed by atoms with Crippen molar-refractivity contribution in [2.45, 2.75) is 19.4 Å². The molecule has 1 aliphatic rings. The molecule has 0 aliphatic carbocycles. The molecule has 2 N–H and O–H groups in total. The first kappa shape index (κ1) is 17.4. The molecule has 1 heterocycles. The lowest BCUT2D eigenvalue weighted by Gasteiger charge is -2.22. The van der Waals surface area contributed by atoms with Crippen LogP contribution in [0.5, 0.6) is 5.75 Å². The van der Waals surface area contributed by atoms with Crippen molar-refractivity contribution in [3.05, 3.63) is 59.7 Å². The average molecular weight is 346 g/mol. The number of piperidine rings is 1. The van der Waals surface area contributed by atoms with E-state index in [1.54, 1.807) is 18.2 Å². The predicted molar refractivity (Wildman–Crippen MR) is 91.4 cm³/mol. The number of halogens is 2. The third kappa shape index (κ3) is 4.76. The predicted octanol–water partition coefficient (Wildman–Crippen LogP) is 3.48. The molecule has 1 aliphatic heterocycles. The van der Waals surface area contributed by atoms with Crippen LogP contribution in [-0.4, -0.2) is 19.0 Å². The Morgan fingerprint density at radius 1 is 1.24 bits per heavy atom. The SMILES string of the molecule is O=C(Nc1ccc(OCc2cccc(F)c2)c(F)c1)C1CCCNC1. The Bertz CT molecular complexity index is 746. The van der Waals surface area contributed by atoms with Gasteiger partial charge in [-0.25, -0.2) is 8.78 Å². The summed E-state index contributed by atoms with van der Waals surface area (Å²) in [5.74, 6) is -1.09. The van der Waals surface area contributed by atoms with Crippen molar-refractivity contribution in [3.8, 4) is 5.75 Å². The Kier molecular flexibility index (Phi) is 5.60. The second kappa shape index (κ2) is 8.07. The van der Waals surface area contributed by atoms with Crippen molar-refractivity contribution in [1.82, 2.24) is 5.32 Å². The highest BCUT2D eigenvalue weighted by Crippen LogP contribution is 2.23. The van der Waals surface area contributed by atoms with E-state index in [-0.39, 0.29) is 30.0 Å². The van der Waals surface area contributed by atoms with E-state index in [0.29, 0.717) is 17.8 Å². The molecule has 0 saturated carbocycles. The number of hydrogen-bond donors (Lipinski definition) is 2. The van der Waals surface area contributed by atoms with E-state index in [1.165, 1.54) is 24.3 Å². The van der Waals surface area contributed by atoms with Gasteiger partial charge in [-0.05, 0) is 49.2 Å². The molecule has 1 amide bonds. The van der Waals surface area contributed by atoms with Gasteiger partial charge in [0.1, 0.15) is 12.4 Å². The Hall–Kier alpha value is -2.47. The fourth-order valence-corrected chi connectivity index (χ4v) is 2.80. The summed E-state index contributed by atoms with van der Waals surface area (Å²) in [4.78, 5) is 12.2. The average Bonchev–Trinajstić information content (AvgIpc) is 2.62. The van der Waals surface area contributed by atoms with Crippen molar-refractivity contribution in [2.24, 2.45) is 5.92 Å². The van der Waals surface area contributed by atoms with Crippen LogP contribution < -0.4 is 15.4 Å². The smallest absolute Gasteiger partial charge is 0.228 e. The lowest BCUT2D eigenvalue weighted by molar-refractivity contribution is -0.120. The Morgan fingerprint density at radius 3 is 2.84 bits per heavy atom. The highest BCUT2D eigenvalue weighted by Gasteiger charge is 2.21. The maximum absolute atomic E-state index is 14.2. The minimum atomic E-state index is -0.573. The number of amides is 1. The van der Waals surface area contributed by atoms with Gasteiger partial charge in [0, 0.05) is 18.3 Å². The van der Waals surface area contributed by atoms with Gasteiger partial charge in [-0.15, -0.1) is 0 Å². The molecule has 1 atom stereocenters. The lowest BCUT2D eigenvalue weighted by Crippen LogP contribution is -2.37. The maximum Gasteiger partial charge on any atom is 0.228 e. The normalized spacial score (nSPS) is 17.1. The lowest BCUT2D eigenvalue weighted by atomic mass is 9.99. The third-order valence-electron chi connectivity index (χ3n) is 4.15. The van der Waals surface area contributed by atoms with Gasteiger partial charge in [0.25, 0.3) is 0 Å². The Balaban J connectivity index is 1.59. The molecule has 25 heavy (non-hydrogen) atoms. The minimum Gasteiger partial charge on any atom is -0.486 e. The summed E-state index contributed by atoms with van der Waals surface area (Å²) in [6.45, 7) is 1.63. The number of carbonyl (C=O) groups is 1. The van der Waals surface area contributed by atoms with Crippen molar-refractivity contribution < 1.29 is 18.3 Å². The molecular weight excluding hydrogens is 326 g/mol. The van der Waals surface area contributed by atoms with Crippen molar-refractivity contribution in [2.75, 3.05) is 18.4 Å². The number of benzene rings is 2. The maximum atomic E-state index is 14.2. The van der Waals surface area contributed by atoms with Crippen LogP contribution in [0.25, 0.3) is 0 Å². The van der Waals surface area contributed by atoms with Gasteiger partial charge in [-0.2, -0.15) is 0 Å². The number of anilines is 1. The molecule has 0 spiro atoms. The summed E-state index contributed by atoms with van der Waals surface area (Å²) < 4.78 is 32.7. The van der Waals surface area contributed by atoms with E-state index in [2.05, 4.69) is 10.6 Å². The van der Waals surface area contributed by atoms with E-state index in [1.807, 2.05) is 0 Å². The molecule has 0 bridgehead atoms. The van der Waals surface area contributed by atoms with Crippen LogP contribution in [0, 0.1) is 17.6 Å². The largest absolute Gasteiger partial charge is 0.486 e. The number of nitrogens with one attached hydrogen (secondary N) is 2. The van der Waals surface area contributed by atoms with Crippen molar-refractivity contribution >= 4 is 11.6 Å². The highest BCUT2D eigenvalue weighted by molar-refractivity contribution is 5.92. The first-order chi connectivity index (χ1) is 12.1. The summed E-state index contributed by atoms with van der Waals surface area (Å²) in [7, 11) is 0. The molecule has 4 nitrogen and oxygen atoms in total. The summed E-state index contributed by atoms with van der Waals surface area (Å²) in [5.41, 5.74) is 1.01. The second-order valence-corrected chi connectivity index (χ2v) is 6.10. The van der Waals surface area contributed by atoms with Gasteiger partial charge >= 0.3 is 0 Å². The molecule has 1 unspecified atom stereocenters. The van der Waals surface area contributed by atoms with E-state index in [4.69, 9.17) is 4.74 Å². The highest BCUT2D eigenvalue weighted by atomic mass is 19.1. The van der Waals surface area contributed by atoms with Gasteiger partial charge in [-0.3, -0.25) is 4.79 Å². The molecule has 3 rings (SSSR count). The van der Waals surface area contributed by atoms with Gasteiger partial charge in [0.15, 0.2) is 11.6 Å². The van der Waals surface area contributed by atoms with Crippen LogP contribution in [0.4, 0.5) is 14.5 Å². The van der Waals surface area contributed by atoms with Gasteiger partial charge in [0.05, 0.1) is 5.92 Å². The van der Waals surface area contributed by atoms with E-state index in [0.717, 1.165) is 19.4 Å². The Labute approximate surface area is 145 Å². The minimum absolute atomic E-state index is 0.0570. The molecule has 1 saturated heterocycles. The first-order valence-corrected chi connectivity index (χ1v) is 8.30. The van der Waals surface area contributed by atoms with Gasteiger partial charge < -0.3 is 15.4 Å². The first-order valence-electron chi connectivity index (χ1n) is 8.30. The number of rotatable bonds is 5. The van der Waals surface area contributed by atoms with Crippen molar-refractivity contribution in [1.29, 1.82) is 0 Å². The monoisotopic (exact) mass is 346 g/mol. The zero-order valence-electron chi connectivity index (χ0n) is 13.7. The van der Waals surface area contributed by atoms with E-state index < -0.39 is 5.82 Å². The summed E-state index contributed by atoms with van der Waals surface area (Å²) in [6, 6.07) is 10.2. The number of ether oxygens (including phenoxy) is 1. The second-order valence-electron chi connectivity index (χ2n) is 6.10. The molecule has 0 aromatic heterocycles. The van der Waals surface area contributed by atoms with Gasteiger partial charge in [-0.1, -0.05) is 12.1 Å². The Morgan fingerprint density at radius 2 is 2.12 bits per heavy atom. The molecule has 1 fully saturated rings. The van der Waals surface area contributed by atoms with Crippen LogP contribution in [-0.2, 0) is 11.4 Å². The molecule has 2 aromatic rings. The third-order valence-corrected chi connectivity index (χ3v) is 4.15. The van der Waals surface area contributed by atoms with Crippen molar-refractivity contribution in [3.63, 3.8) is 0 Å². The fourth-order valence-electron chi connectivity index (χ4n) is 2.80. The summed E-state index contributed by atoms with van der Waals surface area (Å²) in [6.07, 6.45) is 1.79. The summed E-state index contributed by atoms with van der Waals surface area (Å²) >= 11 is 0. The molecule has 2 aromatic carbocycles. The fraction of sp³-hybridized carbons (Fsp3) is 0.316. The van der Waals surface area contributed by atoms with Crippen LogP contribution in [0.1, 0.15) is 18.4 Å².